The van der Waals surface area contributed by atoms with Crippen molar-refractivity contribution in [2.24, 2.45) is 0 Å². The number of rotatable bonds is 6. The Morgan fingerprint density at radius 3 is 2.68 bits per heavy atom. The highest BCUT2D eigenvalue weighted by atomic mass is 19.3. The van der Waals surface area contributed by atoms with Crippen molar-refractivity contribution in [1.29, 1.82) is 0 Å². The summed E-state index contributed by atoms with van der Waals surface area (Å²) >= 11 is 0. The van der Waals surface area contributed by atoms with Gasteiger partial charge in [0.1, 0.15) is 11.6 Å². The summed E-state index contributed by atoms with van der Waals surface area (Å²) in [5.74, 6) is 0.636. The number of nitrogens with zero attached hydrogens (tertiary/aromatic N) is 4. The Balaban J connectivity index is 1.64. The van der Waals surface area contributed by atoms with Gasteiger partial charge in [-0.2, -0.15) is 13.9 Å². The fourth-order valence-electron chi connectivity index (χ4n) is 2.99. The van der Waals surface area contributed by atoms with E-state index in [1.807, 2.05) is 35.8 Å². The Morgan fingerprint density at radius 2 is 1.93 bits per heavy atom. The first-order valence-electron chi connectivity index (χ1n) is 8.74. The van der Waals surface area contributed by atoms with Crippen molar-refractivity contribution in [1.82, 2.24) is 19.6 Å². The molecule has 8 heteroatoms. The van der Waals surface area contributed by atoms with Crippen LogP contribution in [0.25, 0.3) is 16.8 Å². The van der Waals surface area contributed by atoms with Crippen molar-refractivity contribution in [2.45, 2.75) is 20.0 Å². The van der Waals surface area contributed by atoms with Crippen LogP contribution in [0.1, 0.15) is 12.6 Å². The van der Waals surface area contributed by atoms with Crippen molar-refractivity contribution in [3.8, 4) is 17.0 Å². The Morgan fingerprint density at radius 1 is 1.11 bits per heavy atom. The second kappa shape index (κ2) is 7.59. The van der Waals surface area contributed by atoms with Gasteiger partial charge >= 0.3 is 6.61 Å². The molecule has 28 heavy (non-hydrogen) atoms. The lowest BCUT2D eigenvalue weighted by molar-refractivity contribution is -0.0498. The van der Waals surface area contributed by atoms with Gasteiger partial charge in [-0.1, -0.05) is 13.0 Å². The third kappa shape index (κ3) is 3.62. The van der Waals surface area contributed by atoms with E-state index in [4.69, 9.17) is 0 Å². The van der Waals surface area contributed by atoms with Crippen molar-refractivity contribution >= 4 is 17.0 Å². The molecule has 3 heterocycles. The first-order valence-corrected chi connectivity index (χ1v) is 8.74. The smallest absolute Gasteiger partial charge is 0.387 e. The highest BCUT2D eigenvalue weighted by Crippen LogP contribution is 2.28. The molecule has 0 spiro atoms. The standard InChI is InChI=1S/C20H17F2N5O/c1-2-15-19(17-5-3-4-10-27(17)26-15)16-11-23-12-18(25-16)24-13-6-8-14(9-7-13)28-20(21)22/h3-12,20H,2H2,1H3,(H,24,25). The maximum absolute atomic E-state index is 12.3. The molecule has 0 radical (unpaired) electrons. The lowest BCUT2D eigenvalue weighted by Crippen LogP contribution is -2.02. The van der Waals surface area contributed by atoms with E-state index in [1.165, 1.54) is 12.1 Å². The number of hydrogen-bond donors (Lipinski definition) is 1. The monoisotopic (exact) mass is 381 g/mol. The molecule has 0 unspecified atom stereocenters. The minimum Gasteiger partial charge on any atom is -0.435 e. The van der Waals surface area contributed by atoms with E-state index in [9.17, 15) is 8.78 Å². The highest BCUT2D eigenvalue weighted by molar-refractivity contribution is 5.80. The summed E-state index contributed by atoms with van der Waals surface area (Å²) in [6, 6.07) is 12.1. The molecule has 3 aromatic heterocycles. The third-order valence-corrected chi connectivity index (χ3v) is 4.19. The Hall–Kier alpha value is -3.55. The van der Waals surface area contributed by atoms with Crippen LogP contribution in [0.2, 0.25) is 0 Å². The van der Waals surface area contributed by atoms with E-state index in [2.05, 4.69) is 25.1 Å². The van der Waals surface area contributed by atoms with Crippen LogP contribution in [0.15, 0.2) is 61.1 Å². The number of alkyl halides is 2. The second-order valence-corrected chi connectivity index (χ2v) is 6.02. The number of fused-ring (bicyclic) bond motifs is 1. The molecule has 0 aliphatic heterocycles. The molecule has 1 N–H and O–H groups in total. The molecule has 1 aromatic carbocycles. The molecular formula is C20H17F2N5O. The van der Waals surface area contributed by atoms with Gasteiger partial charge < -0.3 is 10.1 Å². The lowest BCUT2D eigenvalue weighted by Gasteiger charge is -2.09. The number of anilines is 2. The van der Waals surface area contributed by atoms with Gasteiger partial charge in [0.25, 0.3) is 0 Å². The van der Waals surface area contributed by atoms with Gasteiger partial charge in [0.2, 0.25) is 0 Å². The summed E-state index contributed by atoms with van der Waals surface area (Å²) in [5, 5.41) is 7.74. The molecule has 4 aromatic rings. The van der Waals surface area contributed by atoms with E-state index in [0.29, 0.717) is 17.2 Å². The zero-order chi connectivity index (χ0) is 19.5. The SMILES string of the molecule is CCc1nn2ccccc2c1-c1cncc(Nc2ccc(OC(F)F)cc2)n1. The van der Waals surface area contributed by atoms with E-state index in [1.54, 1.807) is 24.5 Å². The van der Waals surface area contributed by atoms with Crippen LogP contribution < -0.4 is 10.1 Å². The average Bonchev–Trinajstić information content (AvgIpc) is 3.08. The summed E-state index contributed by atoms with van der Waals surface area (Å²) in [6.45, 7) is -0.802. The summed E-state index contributed by atoms with van der Waals surface area (Å²) in [6.07, 6.45) is 5.97. The first kappa shape index (κ1) is 17.8. The van der Waals surface area contributed by atoms with Crippen LogP contribution in [0.5, 0.6) is 5.75 Å². The predicted molar refractivity (Wildman–Crippen MR) is 102 cm³/mol. The van der Waals surface area contributed by atoms with E-state index in [-0.39, 0.29) is 5.75 Å². The Labute approximate surface area is 159 Å². The van der Waals surface area contributed by atoms with Gasteiger partial charge in [0.05, 0.1) is 34.9 Å². The minimum atomic E-state index is -2.85. The van der Waals surface area contributed by atoms with Crippen molar-refractivity contribution < 1.29 is 13.5 Å². The van der Waals surface area contributed by atoms with Gasteiger partial charge in [0, 0.05) is 11.9 Å². The number of pyridine rings is 1. The van der Waals surface area contributed by atoms with Gasteiger partial charge in [0.15, 0.2) is 0 Å². The van der Waals surface area contributed by atoms with Crippen LogP contribution in [-0.2, 0) is 6.42 Å². The van der Waals surface area contributed by atoms with Gasteiger partial charge in [-0.25, -0.2) is 9.50 Å². The molecule has 142 valence electrons. The lowest BCUT2D eigenvalue weighted by atomic mass is 10.1. The van der Waals surface area contributed by atoms with Gasteiger partial charge in [-0.3, -0.25) is 4.98 Å². The van der Waals surface area contributed by atoms with Gasteiger partial charge in [-0.15, -0.1) is 0 Å². The quantitative estimate of drug-likeness (QED) is 0.525. The fraction of sp³-hybridized carbons (Fsp3) is 0.150. The van der Waals surface area contributed by atoms with Crippen LogP contribution in [0.3, 0.4) is 0 Å². The predicted octanol–water partition coefficient (Wildman–Crippen LogP) is 4.70. The fourth-order valence-corrected chi connectivity index (χ4v) is 2.99. The summed E-state index contributed by atoms with van der Waals surface area (Å²) < 4.78 is 30.7. The molecule has 0 atom stereocenters. The molecule has 0 bridgehead atoms. The zero-order valence-corrected chi connectivity index (χ0v) is 15.0. The molecule has 0 amide bonds. The van der Waals surface area contributed by atoms with Crippen molar-refractivity contribution in [3.63, 3.8) is 0 Å². The topological polar surface area (TPSA) is 64.3 Å². The number of benzene rings is 1. The number of ether oxygens (including phenoxy) is 1. The maximum Gasteiger partial charge on any atom is 0.387 e. The Bertz CT molecular complexity index is 1100. The van der Waals surface area contributed by atoms with Crippen LogP contribution in [-0.4, -0.2) is 26.2 Å². The minimum absolute atomic E-state index is 0.0966. The molecule has 6 nitrogen and oxygen atoms in total. The number of hydrogen-bond acceptors (Lipinski definition) is 5. The van der Waals surface area contributed by atoms with E-state index in [0.717, 1.165) is 23.2 Å². The van der Waals surface area contributed by atoms with Crippen LogP contribution in [0.4, 0.5) is 20.3 Å². The molecule has 0 saturated carbocycles. The van der Waals surface area contributed by atoms with E-state index >= 15 is 0 Å². The number of nitrogens with one attached hydrogen (secondary N) is 1. The number of aryl methyl sites for hydroxylation is 1. The van der Waals surface area contributed by atoms with Gasteiger partial charge in [-0.05, 0) is 42.8 Å². The largest absolute Gasteiger partial charge is 0.435 e. The molecule has 4 rings (SSSR count). The summed E-state index contributed by atoms with van der Waals surface area (Å²) in [7, 11) is 0. The van der Waals surface area contributed by atoms with Crippen LogP contribution in [0, 0.1) is 0 Å². The van der Waals surface area contributed by atoms with Crippen molar-refractivity contribution in [3.05, 3.63) is 66.7 Å². The summed E-state index contributed by atoms with van der Waals surface area (Å²) in [5.41, 5.74) is 4.23. The molecular weight excluding hydrogens is 364 g/mol. The number of aromatic nitrogens is 4. The first-order chi connectivity index (χ1) is 13.6. The summed E-state index contributed by atoms with van der Waals surface area (Å²) in [4.78, 5) is 8.95. The molecule has 0 saturated heterocycles. The Kier molecular flexibility index (Phi) is 4.84. The molecule has 0 aliphatic rings. The maximum atomic E-state index is 12.3. The highest BCUT2D eigenvalue weighted by Gasteiger charge is 2.15. The zero-order valence-electron chi connectivity index (χ0n) is 15.0. The number of halogens is 2. The molecule has 0 fully saturated rings. The second-order valence-electron chi connectivity index (χ2n) is 6.02. The van der Waals surface area contributed by atoms with Crippen LogP contribution >= 0.6 is 0 Å². The molecule has 0 aliphatic carbocycles. The third-order valence-electron chi connectivity index (χ3n) is 4.19. The normalized spacial score (nSPS) is 11.1. The van der Waals surface area contributed by atoms with Crippen molar-refractivity contribution in [2.75, 3.05) is 5.32 Å². The van der Waals surface area contributed by atoms with E-state index < -0.39 is 6.61 Å². The average molecular weight is 381 g/mol.